The Bertz CT molecular complexity index is 321. The molecule has 1 heterocycles. The van der Waals surface area contributed by atoms with Gasteiger partial charge in [-0.2, -0.15) is 0 Å². The number of hydrogen-bond acceptors (Lipinski definition) is 1. The number of hydrogen-bond donors (Lipinski definition) is 1. The lowest BCUT2D eigenvalue weighted by atomic mass is 9.97. The van der Waals surface area contributed by atoms with Crippen LogP contribution in [0.25, 0.3) is 0 Å². The van der Waals surface area contributed by atoms with Gasteiger partial charge in [-0.25, -0.2) is 4.39 Å². The minimum atomic E-state index is -0.0881. The van der Waals surface area contributed by atoms with Gasteiger partial charge in [-0.1, -0.05) is 18.6 Å². The Morgan fingerprint density at radius 3 is 2.73 bits per heavy atom. The van der Waals surface area contributed by atoms with E-state index in [4.69, 9.17) is 0 Å². The highest BCUT2D eigenvalue weighted by atomic mass is 35.5. The molecule has 0 bridgehead atoms. The highest BCUT2D eigenvalue weighted by Crippen LogP contribution is 2.24. The zero-order valence-electron chi connectivity index (χ0n) is 8.92. The van der Waals surface area contributed by atoms with E-state index in [0.29, 0.717) is 6.04 Å². The molecule has 1 saturated heterocycles. The molecule has 0 aliphatic carbocycles. The molecule has 84 valence electrons. The predicted molar refractivity (Wildman–Crippen MR) is 63.0 cm³/mol. The number of benzene rings is 1. The van der Waals surface area contributed by atoms with Crippen LogP contribution in [-0.4, -0.2) is 6.54 Å². The molecule has 1 aliphatic heterocycles. The van der Waals surface area contributed by atoms with Gasteiger partial charge in [0, 0.05) is 6.04 Å². The van der Waals surface area contributed by atoms with Crippen LogP contribution in [0, 0.1) is 12.7 Å². The zero-order valence-corrected chi connectivity index (χ0v) is 9.74. The van der Waals surface area contributed by atoms with E-state index < -0.39 is 0 Å². The lowest BCUT2D eigenvalue weighted by Crippen LogP contribution is -2.26. The van der Waals surface area contributed by atoms with Gasteiger partial charge in [-0.15, -0.1) is 12.4 Å². The summed E-state index contributed by atoms with van der Waals surface area (Å²) < 4.78 is 13.3. The first-order chi connectivity index (χ1) is 6.77. The molecular formula is C12H17ClFN. The molecule has 0 saturated carbocycles. The molecule has 2 rings (SSSR count). The summed E-state index contributed by atoms with van der Waals surface area (Å²) in [5, 5.41) is 3.42. The van der Waals surface area contributed by atoms with Crippen molar-refractivity contribution in [3.8, 4) is 0 Å². The fraction of sp³-hybridized carbons (Fsp3) is 0.500. The van der Waals surface area contributed by atoms with Crippen LogP contribution >= 0.6 is 12.4 Å². The molecule has 1 fully saturated rings. The van der Waals surface area contributed by atoms with Gasteiger partial charge < -0.3 is 5.32 Å². The van der Waals surface area contributed by atoms with Crippen molar-refractivity contribution in [2.24, 2.45) is 0 Å². The largest absolute Gasteiger partial charge is 0.310 e. The Kier molecular flexibility index (Phi) is 4.55. The monoisotopic (exact) mass is 229 g/mol. The topological polar surface area (TPSA) is 12.0 Å². The third-order valence-corrected chi connectivity index (χ3v) is 2.91. The lowest BCUT2D eigenvalue weighted by Gasteiger charge is -2.24. The average molecular weight is 230 g/mol. The molecule has 1 atom stereocenters. The smallest absolute Gasteiger partial charge is 0.126 e. The summed E-state index contributed by atoms with van der Waals surface area (Å²) in [4.78, 5) is 0. The Balaban J connectivity index is 0.00000112. The molecule has 1 N–H and O–H groups in total. The molecule has 1 aromatic rings. The van der Waals surface area contributed by atoms with Crippen molar-refractivity contribution in [2.75, 3.05) is 6.54 Å². The Hall–Kier alpha value is -0.600. The summed E-state index contributed by atoms with van der Waals surface area (Å²) in [7, 11) is 0. The first kappa shape index (κ1) is 12.5. The van der Waals surface area contributed by atoms with Crippen molar-refractivity contribution in [2.45, 2.75) is 32.2 Å². The maximum atomic E-state index is 13.3. The van der Waals surface area contributed by atoms with Gasteiger partial charge in [0.05, 0.1) is 0 Å². The zero-order chi connectivity index (χ0) is 9.97. The SMILES string of the molecule is Cc1ccc([C@H]2CCCCN2)cc1F.Cl. The van der Waals surface area contributed by atoms with Crippen molar-refractivity contribution >= 4 is 12.4 Å². The summed E-state index contributed by atoms with van der Waals surface area (Å²) in [5.41, 5.74) is 1.82. The van der Waals surface area contributed by atoms with Gasteiger partial charge in [0.1, 0.15) is 5.82 Å². The lowest BCUT2D eigenvalue weighted by molar-refractivity contribution is 0.411. The van der Waals surface area contributed by atoms with E-state index in [1.165, 1.54) is 12.8 Å². The van der Waals surface area contributed by atoms with E-state index in [0.717, 1.165) is 24.1 Å². The van der Waals surface area contributed by atoms with Gasteiger partial charge in [-0.3, -0.25) is 0 Å². The molecular weight excluding hydrogens is 213 g/mol. The van der Waals surface area contributed by atoms with Gasteiger partial charge in [0.2, 0.25) is 0 Å². The van der Waals surface area contributed by atoms with E-state index in [1.807, 2.05) is 12.1 Å². The normalized spacial score (nSPS) is 20.8. The Morgan fingerprint density at radius 2 is 2.13 bits per heavy atom. The molecule has 15 heavy (non-hydrogen) atoms. The number of halogens is 2. The molecule has 0 unspecified atom stereocenters. The van der Waals surface area contributed by atoms with Crippen molar-refractivity contribution < 1.29 is 4.39 Å². The minimum Gasteiger partial charge on any atom is -0.310 e. The van der Waals surface area contributed by atoms with Crippen molar-refractivity contribution in [3.05, 3.63) is 35.1 Å². The summed E-state index contributed by atoms with van der Waals surface area (Å²) in [5.74, 6) is -0.0881. The quantitative estimate of drug-likeness (QED) is 0.779. The van der Waals surface area contributed by atoms with Crippen LogP contribution in [0.2, 0.25) is 0 Å². The molecule has 1 aromatic carbocycles. The Labute approximate surface area is 96.5 Å². The van der Waals surface area contributed by atoms with E-state index in [2.05, 4.69) is 5.32 Å². The van der Waals surface area contributed by atoms with E-state index in [9.17, 15) is 4.39 Å². The molecule has 0 aromatic heterocycles. The minimum absolute atomic E-state index is 0. The van der Waals surface area contributed by atoms with Crippen molar-refractivity contribution in [1.29, 1.82) is 0 Å². The summed E-state index contributed by atoms with van der Waals surface area (Å²) in [6, 6.07) is 5.92. The molecule has 1 aliphatic rings. The first-order valence-corrected chi connectivity index (χ1v) is 5.27. The van der Waals surface area contributed by atoms with Gasteiger partial charge >= 0.3 is 0 Å². The van der Waals surface area contributed by atoms with Crippen LogP contribution in [-0.2, 0) is 0 Å². The third-order valence-electron chi connectivity index (χ3n) is 2.91. The highest BCUT2D eigenvalue weighted by molar-refractivity contribution is 5.85. The molecule has 0 amide bonds. The van der Waals surface area contributed by atoms with Crippen LogP contribution in [0.15, 0.2) is 18.2 Å². The average Bonchev–Trinajstić information content (AvgIpc) is 2.23. The number of rotatable bonds is 1. The van der Waals surface area contributed by atoms with E-state index in [1.54, 1.807) is 13.0 Å². The predicted octanol–water partition coefficient (Wildman–Crippen LogP) is 3.37. The fourth-order valence-corrected chi connectivity index (χ4v) is 1.96. The summed E-state index contributed by atoms with van der Waals surface area (Å²) >= 11 is 0. The standard InChI is InChI=1S/C12H16FN.ClH/c1-9-5-6-10(8-11(9)13)12-4-2-3-7-14-12;/h5-6,8,12,14H,2-4,7H2,1H3;1H/t12-;/m1./s1. The second kappa shape index (κ2) is 5.47. The second-order valence-electron chi connectivity index (χ2n) is 4.01. The van der Waals surface area contributed by atoms with Crippen molar-refractivity contribution in [3.63, 3.8) is 0 Å². The van der Waals surface area contributed by atoms with Crippen LogP contribution < -0.4 is 5.32 Å². The van der Waals surface area contributed by atoms with Crippen LogP contribution in [0.4, 0.5) is 4.39 Å². The van der Waals surface area contributed by atoms with Gasteiger partial charge in [-0.05, 0) is 43.5 Å². The number of piperidine rings is 1. The number of aryl methyl sites for hydroxylation is 1. The fourth-order valence-electron chi connectivity index (χ4n) is 1.96. The van der Waals surface area contributed by atoms with Crippen LogP contribution in [0.3, 0.4) is 0 Å². The van der Waals surface area contributed by atoms with Crippen LogP contribution in [0.5, 0.6) is 0 Å². The maximum Gasteiger partial charge on any atom is 0.126 e. The van der Waals surface area contributed by atoms with E-state index >= 15 is 0 Å². The third kappa shape index (κ3) is 2.93. The van der Waals surface area contributed by atoms with Gasteiger partial charge in [0.15, 0.2) is 0 Å². The highest BCUT2D eigenvalue weighted by Gasteiger charge is 2.15. The van der Waals surface area contributed by atoms with Crippen molar-refractivity contribution in [1.82, 2.24) is 5.32 Å². The number of nitrogens with one attached hydrogen (secondary N) is 1. The maximum absolute atomic E-state index is 13.3. The molecule has 3 heteroatoms. The molecule has 0 spiro atoms. The Morgan fingerprint density at radius 1 is 1.33 bits per heavy atom. The van der Waals surface area contributed by atoms with Crippen LogP contribution in [0.1, 0.15) is 36.4 Å². The summed E-state index contributed by atoms with van der Waals surface area (Å²) in [6.45, 7) is 2.85. The summed E-state index contributed by atoms with van der Waals surface area (Å²) in [6.07, 6.45) is 3.61. The molecule has 1 nitrogen and oxygen atoms in total. The van der Waals surface area contributed by atoms with Gasteiger partial charge in [0.25, 0.3) is 0 Å². The first-order valence-electron chi connectivity index (χ1n) is 5.27. The van der Waals surface area contributed by atoms with E-state index in [-0.39, 0.29) is 18.2 Å². The molecule has 0 radical (unpaired) electrons. The second-order valence-corrected chi connectivity index (χ2v) is 4.01.